The molecule has 156 valence electrons. The molecule has 4 rings (SSSR count). The van der Waals surface area contributed by atoms with Gasteiger partial charge in [-0.3, -0.25) is 0 Å². The van der Waals surface area contributed by atoms with Gasteiger partial charge in [-0.2, -0.15) is 0 Å². The molecule has 0 fully saturated rings. The Hall–Kier alpha value is -2.90. The minimum atomic E-state index is -3.78. The Balaban J connectivity index is 0.00000256. The lowest BCUT2D eigenvalue weighted by atomic mass is 10.1. The highest BCUT2D eigenvalue weighted by Gasteiger charge is 2.34. The van der Waals surface area contributed by atoms with Crippen LogP contribution in [0.1, 0.15) is 22.3 Å². The highest BCUT2D eigenvalue weighted by molar-refractivity contribution is 7.92. The maximum absolute atomic E-state index is 13.1. The van der Waals surface area contributed by atoms with Gasteiger partial charge in [0, 0.05) is 25.1 Å². The molecule has 2 aromatic carbocycles. The second-order valence-corrected chi connectivity index (χ2v) is 8.96. The van der Waals surface area contributed by atoms with Crippen molar-refractivity contribution in [3.8, 4) is 0 Å². The predicted octanol–water partition coefficient (Wildman–Crippen LogP) is 0.359. The van der Waals surface area contributed by atoms with Gasteiger partial charge >= 0.3 is 5.97 Å². The molecular weight excluding hydrogens is 424 g/mol. The average molecular weight is 445 g/mol. The number of hydrogen-bond donors (Lipinski definition) is 1. The SMILES string of the molecule is Cc1cc[n+](CCCN2c3ccccc3S(=O)(=O)c3cc(C(=O)O)ccc32)cc1.[Cl-]. The number of para-hydroxylation sites is 1. The number of halogens is 1. The van der Waals surface area contributed by atoms with Crippen LogP contribution in [0, 0.1) is 6.92 Å². The van der Waals surface area contributed by atoms with Crippen LogP contribution in [0.4, 0.5) is 11.4 Å². The van der Waals surface area contributed by atoms with Crippen LogP contribution in [0.3, 0.4) is 0 Å². The summed E-state index contributed by atoms with van der Waals surface area (Å²) in [4.78, 5) is 13.6. The highest BCUT2D eigenvalue weighted by Crippen LogP contribution is 2.44. The van der Waals surface area contributed by atoms with Crippen molar-refractivity contribution in [1.82, 2.24) is 0 Å². The number of aryl methyl sites for hydroxylation is 2. The molecule has 1 aliphatic rings. The fourth-order valence-electron chi connectivity index (χ4n) is 3.57. The minimum absolute atomic E-state index is 0. The van der Waals surface area contributed by atoms with Gasteiger partial charge in [0.2, 0.25) is 9.84 Å². The lowest BCUT2D eigenvalue weighted by Crippen LogP contribution is -3.00. The third-order valence-corrected chi connectivity index (χ3v) is 6.92. The van der Waals surface area contributed by atoms with Crippen LogP contribution >= 0.6 is 0 Å². The highest BCUT2D eigenvalue weighted by atomic mass is 35.5. The largest absolute Gasteiger partial charge is 1.00 e. The first-order valence-corrected chi connectivity index (χ1v) is 10.8. The quantitative estimate of drug-likeness (QED) is 0.575. The molecule has 1 aromatic heterocycles. The molecule has 3 aromatic rings. The third kappa shape index (κ3) is 3.91. The van der Waals surface area contributed by atoms with Gasteiger partial charge in [0.1, 0.15) is 6.54 Å². The normalized spacial score (nSPS) is 13.7. The van der Waals surface area contributed by atoms with E-state index in [-0.39, 0.29) is 27.8 Å². The number of rotatable bonds is 5. The van der Waals surface area contributed by atoms with Crippen molar-refractivity contribution < 1.29 is 35.3 Å². The van der Waals surface area contributed by atoms with Gasteiger partial charge in [-0.05, 0) is 42.8 Å². The number of anilines is 2. The lowest BCUT2D eigenvalue weighted by Gasteiger charge is -2.32. The third-order valence-electron chi connectivity index (χ3n) is 5.09. The van der Waals surface area contributed by atoms with E-state index in [1.807, 2.05) is 42.4 Å². The van der Waals surface area contributed by atoms with E-state index >= 15 is 0 Å². The van der Waals surface area contributed by atoms with E-state index in [1.165, 1.54) is 17.7 Å². The Bertz CT molecular complexity index is 1190. The monoisotopic (exact) mass is 444 g/mol. The molecular formula is C22H21ClN2O4S. The van der Waals surface area contributed by atoms with Crippen LogP contribution in [-0.2, 0) is 16.4 Å². The molecule has 0 unspecified atom stereocenters. The number of aromatic carboxylic acids is 1. The molecule has 0 spiro atoms. The van der Waals surface area contributed by atoms with Gasteiger partial charge < -0.3 is 22.4 Å². The van der Waals surface area contributed by atoms with E-state index in [0.29, 0.717) is 17.9 Å². The van der Waals surface area contributed by atoms with Crippen LogP contribution < -0.4 is 21.9 Å². The van der Waals surface area contributed by atoms with Crippen LogP contribution in [0.25, 0.3) is 0 Å². The second kappa shape index (κ2) is 8.45. The van der Waals surface area contributed by atoms with Crippen molar-refractivity contribution in [2.75, 3.05) is 11.4 Å². The fourth-order valence-corrected chi connectivity index (χ4v) is 5.26. The summed E-state index contributed by atoms with van der Waals surface area (Å²) in [6.07, 6.45) is 4.84. The zero-order chi connectivity index (χ0) is 20.6. The molecule has 0 atom stereocenters. The zero-order valence-corrected chi connectivity index (χ0v) is 17.9. The smallest absolute Gasteiger partial charge is 0.335 e. The van der Waals surface area contributed by atoms with Crippen LogP contribution in [0.5, 0.6) is 0 Å². The van der Waals surface area contributed by atoms with E-state index in [2.05, 4.69) is 4.57 Å². The van der Waals surface area contributed by atoms with Crippen molar-refractivity contribution in [1.29, 1.82) is 0 Å². The number of carboxylic acids is 1. The molecule has 0 saturated carbocycles. The van der Waals surface area contributed by atoms with Crippen molar-refractivity contribution in [2.45, 2.75) is 29.7 Å². The van der Waals surface area contributed by atoms with E-state index < -0.39 is 15.8 Å². The maximum atomic E-state index is 13.1. The average Bonchev–Trinajstić information content (AvgIpc) is 2.71. The van der Waals surface area contributed by atoms with Gasteiger partial charge in [-0.25, -0.2) is 17.8 Å². The second-order valence-electron chi connectivity index (χ2n) is 7.08. The number of hydrogen-bond acceptors (Lipinski definition) is 4. The molecule has 1 aliphatic heterocycles. The zero-order valence-electron chi connectivity index (χ0n) is 16.3. The van der Waals surface area contributed by atoms with Crippen LogP contribution in [-0.4, -0.2) is 26.0 Å². The Morgan fingerprint density at radius 3 is 2.37 bits per heavy atom. The number of carbonyl (C=O) groups is 1. The molecule has 2 heterocycles. The van der Waals surface area contributed by atoms with Gasteiger partial charge in [0.05, 0.1) is 26.7 Å². The Kier molecular flexibility index (Phi) is 6.14. The number of sulfone groups is 1. The number of aromatic nitrogens is 1. The van der Waals surface area contributed by atoms with E-state index in [0.717, 1.165) is 13.0 Å². The summed E-state index contributed by atoms with van der Waals surface area (Å²) >= 11 is 0. The summed E-state index contributed by atoms with van der Waals surface area (Å²) in [5, 5.41) is 9.29. The first-order valence-electron chi connectivity index (χ1n) is 9.32. The number of carboxylic acid groups (broad SMARTS) is 1. The number of benzene rings is 2. The summed E-state index contributed by atoms with van der Waals surface area (Å²) in [6, 6.07) is 15.2. The van der Waals surface area contributed by atoms with Crippen molar-refractivity contribution in [3.63, 3.8) is 0 Å². The Morgan fingerprint density at radius 1 is 1.00 bits per heavy atom. The molecule has 1 N–H and O–H groups in total. The van der Waals surface area contributed by atoms with E-state index in [9.17, 15) is 18.3 Å². The molecule has 0 saturated heterocycles. The summed E-state index contributed by atoms with van der Waals surface area (Å²) < 4.78 is 28.3. The van der Waals surface area contributed by atoms with Crippen LogP contribution in [0.15, 0.2) is 76.8 Å². The van der Waals surface area contributed by atoms with Gasteiger partial charge in [0.25, 0.3) is 0 Å². The first kappa shape index (κ1) is 21.8. The van der Waals surface area contributed by atoms with Gasteiger partial charge in [0.15, 0.2) is 12.4 Å². The minimum Gasteiger partial charge on any atom is -1.00 e. The summed E-state index contributed by atoms with van der Waals surface area (Å²) in [7, 11) is -3.78. The number of fused-ring (bicyclic) bond motifs is 2. The number of pyridine rings is 1. The molecule has 0 aliphatic carbocycles. The summed E-state index contributed by atoms with van der Waals surface area (Å²) in [6.45, 7) is 3.43. The van der Waals surface area contributed by atoms with Crippen molar-refractivity contribution in [2.24, 2.45) is 0 Å². The Morgan fingerprint density at radius 2 is 1.67 bits per heavy atom. The lowest BCUT2D eigenvalue weighted by molar-refractivity contribution is -0.697. The summed E-state index contributed by atoms with van der Waals surface area (Å²) in [5.41, 5.74) is 2.29. The predicted molar refractivity (Wildman–Crippen MR) is 108 cm³/mol. The molecule has 30 heavy (non-hydrogen) atoms. The Labute approximate surface area is 181 Å². The fraction of sp³-hybridized carbons (Fsp3) is 0.182. The van der Waals surface area contributed by atoms with Gasteiger partial charge in [-0.15, -0.1) is 0 Å². The van der Waals surface area contributed by atoms with Crippen molar-refractivity contribution in [3.05, 3.63) is 78.1 Å². The summed E-state index contributed by atoms with van der Waals surface area (Å²) in [5.74, 6) is -1.15. The molecule has 0 bridgehead atoms. The topological polar surface area (TPSA) is 78.6 Å². The van der Waals surface area contributed by atoms with Crippen molar-refractivity contribution >= 4 is 27.2 Å². The van der Waals surface area contributed by atoms with Crippen LogP contribution in [0.2, 0.25) is 0 Å². The first-order chi connectivity index (χ1) is 13.9. The maximum Gasteiger partial charge on any atom is 0.335 e. The molecule has 8 heteroatoms. The molecule has 0 radical (unpaired) electrons. The standard InChI is InChI=1S/C22H20N2O4S.ClH/c1-16-9-13-23(14-10-16)11-4-12-24-18-5-2-3-6-20(18)29(27,28)21-15-17(22(25)26)7-8-19(21)24;/h2-3,5-10,13-15H,4,11-12H2,1H3;1H. The van der Waals surface area contributed by atoms with E-state index in [4.69, 9.17) is 0 Å². The number of nitrogens with zero attached hydrogens (tertiary/aromatic N) is 2. The van der Waals surface area contributed by atoms with E-state index in [1.54, 1.807) is 24.3 Å². The molecule has 0 amide bonds. The molecule has 6 nitrogen and oxygen atoms in total. The van der Waals surface area contributed by atoms with Gasteiger partial charge in [-0.1, -0.05) is 12.1 Å².